The zero-order chi connectivity index (χ0) is 22.1. The fraction of sp³-hybridized carbons (Fsp3) is 0.650. The first-order valence-electron chi connectivity index (χ1n) is 10.3. The molecule has 1 aliphatic heterocycles. The molecular weight excluding hydrogens is 443 g/mol. The minimum absolute atomic E-state index is 0. The molecule has 0 saturated heterocycles. The number of nitrogens with two attached hydrogens (primary N) is 2. The van der Waals surface area contributed by atoms with Gasteiger partial charge in [0.25, 0.3) is 0 Å². The van der Waals surface area contributed by atoms with Crippen LogP contribution in [0.25, 0.3) is 0 Å². The van der Waals surface area contributed by atoms with Gasteiger partial charge in [0.05, 0.1) is 11.4 Å². The molecule has 2 atom stereocenters. The van der Waals surface area contributed by atoms with Gasteiger partial charge < -0.3 is 26.6 Å². The number of rotatable bonds is 8. The van der Waals surface area contributed by atoms with Crippen LogP contribution in [0.4, 0.5) is 0 Å². The summed E-state index contributed by atoms with van der Waals surface area (Å²) >= 11 is 0. The van der Waals surface area contributed by atoms with Gasteiger partial charge in [-0.25, -0.2) is 0 Å². The Labute approximate surface area is 194 Å². The van der Waals surface area contributed by atoms with E-state index in [0.29, 0.717) is 65.2 Å². The van der Waals surface area contributed by atoms with Crippen molar-refractivity contribution in [2.24, 2.45) is 11.5 Å². The molecule has 2 bridgehead atoms. The molecule has 1 radical (unpaired) electrons. The van der Waals surface area contributed by atoms with Crippen molar-refractivity contribution in [3.05, 3.63) is 29.6 Å². The summed E-state index contributed by atoms with van der Waals surface area (Å²) in [5.41, 5.74) is 12.8. The van der Waals surface area contributed by atoms with Crippen LogP contribution in [-0.4, -0.2) is 100 Å². The van der Waals surface area contributed by atoms with E-state index in [0.717, 1.165) is 11.4 Å². The molecule has 0 amide bonds. The number of hydrogen-bond acceptors (Lipinski definition) is 8. The summed E-state index contributed by atoms with van der Waals surface area (Å²) in [7, 11) is 1.96. The fourth-order valence-corrected chi connectivity index (χ4v) is 3.76. The maximum absolute atomic E-state index is 11.8. The van der Waals surface area contributed by atoms with Crippen molar-refractivity contribution in [2.45, 2.75) is 38.0 Å². The Bertz CT molecular complexity index is 657. The van der Waals surface area contributed by atoms with E-state index >= 15 is 0 Å². The van der Waals surface area contributed by atoms with Crippen LogP contribution in [0.2, 0.25) is 0 Å². The third kappa shape index (κ3) is 8.46. The Morgan fingerprint density at radius 3 is 1.71 bits per heavy atom. The molecule has 0 saturated carbocycles. The monoisotopic (exact) mass is 477 g/mol. The first-order valence-corrected chi connectivity index (χ1v) is 10.3. The summed E-state index contributed by atoms with van der Waals surface area (Å²) in [6, 6.07) is 4.27. The summed E-state index contributed by atoms with van der Waals surface area (Å²) in [6.07, 6.45) is 0.734. The second kappa shape index (κ2) is 13.7. The Balaban J connectivity index is 0.00000480. The van der Waals surface area contributed by atoms with E-state index in [9.17, 15) is 19.8 Å². The molecule has 1 aromatic rings. The minimum Gasteiger partial charge on any atom is -0.480 e. The molecular formula is C20H34MnN6O4. The molecule has 2 rings (SSSR count). The summed E-state index contributed by atoms with van der Waals surface area (Å²) < 4.78 is 0. The van der Waals surface area contributed by atoms with Gasteiger partial charge in [0, 0.05) is 56.3 Å². The minimum atomic E-state index is -0.886. The number of carboxylic acids is 2. The maximum atomic E-state index is 11.8. The number of carboxylic acid groups (broad SMARTS) is 2. The zero-order valence-electron chi connectivity index (χ0n) is 18.0. The van der Waals surface area contributed by atoms with Gasteiger partial charge >= 0.3 is 11.9 Å². The van der Waals surface area contributed by atoms with Crippen LogP contribution >= 0.6 is 0 Å². The molecule has 0 aliphatic carbocycles. The molecule has 6 N–H and O–H groups in total. The van der Waals surface area contributed by atoms with E-state index in [1.165, 1.54) is 0 Å². The van der Waals surface area contributed by atoms with E-state index < -0.39 is 24.0 Å². The van der Waals surface area contributed by atoms with Gasteiger partial charge in [-0.15, -0.1) is 0 Å². The second-order valence-corrected chi connectivity index (χ2v) is 7.73. The number of nitrogens with zero attached hydrogens (tertiary/aromatic N) is 4. The molecule has 0 fully saturated rings. The van der Waals surface area contributed by atoms with Crippen LogP contribution in [0.5, 0.6) is 0 Å². The molecule has 11 heteroatoms. The average molecular weight is 477 g/mol. The van der Waals surface area contributed by atoms with Crippen LogP contribution in [0.1, 0.15) is 24.2 Å². The number of hydrogen-bond donors (Lipinski definition) is 4. The van der Waals surface area contributed by atoms with Crippen LogP contribution in [0.15, 0.2) is 18.2 Å². The predicted octanol–water partition coefficient (Wildman–Crippen LogP) is -0.767. The Hall–Kier alpha value is -1.59. The van der Waals surface area contributed by atoms with E-state index in [2.05, 4.69) is 9.88 Å². The predicted molar refractivity (Wildman–Crippen MR) is 113 cm³/mol. The summed E-state index contributed by atoms with van der Waals surface area (Å²) in [4.78, 5) is 34.2. The smallest absolute Gasteiger partial charge is 0.320 e. The van der Waals surface area contributed by atoms with Crippen molar-refractivity contribution in [1.29, 1.82) is 0 Å². The van der Waals surface area contributed by atoms with Gasteiger partial charge in [-0.2, -0.15) is 0 Å². The Morgan fingerprint density at radius 1 is 0.935 bits per heavy atom. The fourth-order valence-electron chi connectivity index (χ4n) is 3.76. The number of aliphatic carboxylic acids is 2. The van der Waals surface area contributed by atoms with Crippen molar-refractivity contribution in [3.8, 4) is 0 Å². The third-order valence-electron chi connectivity index (χ3n) is 5.46. The third-order valence-corrected chi connectivity index (χ3v) is 5.46. The van der Waals surface area contributed by atoms with Gasteiger partial charge in [-0.3, -0.25) is 24.4 Å². The SMILES string of the molecule is CN1CCN(C(CCN)C(=O)O)Cc2cccc(n2)CN(C(CCN)C(=O)O)CC1.[Mn]. The van der Waals surface area contributed by atoms with Crippen LogP contribution in [0, 0.1) is 0 Å². The summed E-state index contributed by atoms with van der Waals surface area (Å²) in [5.74, 6) is -1.77. The second-order valence-electron chi connectivity index (χ2n) is 7.73. The average Bonchev–Trinajstić information content (AvgIpc) is 2.70. The molecule has 0 aromatic carbocycles. The Kier molecular flexibility index (Phi) is 12.2. The maximum Gasteiger partial charge on any atom is 0.320 e. The van der Waals surface area contributed by atoms with Gasteiger partial charge in [-0.1, -0.05) is 6.07 Å². The topological polar surface area (TPSA) is 149 Å². The van der Waals surface area contributed by atoms with Crippen molar-refractivity contribution in [3.63, 3.8) is 0 Å². The molecule has 31 heavy (non-hydrogen) atoms. The first-order chi connectivity index (χ1) is 14.3. The van der Waals surface area contributed by atoms with Gasteiger partial charge in [0.15, 0.2) is 0 Å². The number of carbonyl (C=O) groups is 2. The molecule has 2 heterocycles. The van der Waals surface area contributed by atoms with E-state index in [1.807, 2.05) is 35.0 Å². The number of fused-ring (bicyclic) bond motifs is 2. The number of aromatic nitrogens is 1. The van der Waals surface area contributed by atoms with Gasteiger partial charge in [0.2, 0.25) is 0 Å². The van der Waals surface area contributed by atoms with Crippen LogP contribution in [0.3, 0.4) is 0 Å². The molecule has 0 spiro atoms. The standard InChI is InChI=1S/C20H34N6O4.Mn/c1-24-9-11-25(17(5-7-21)19(27)28)13-15-3-2-4-16(23-15)14-26(12-10-24)18(6-8-22)20(29)30;/h2-4,17-18H,5-14,21-22H2,1H3,(H,27,28)(H,29,30);. The van der Waals surface area contributed by atoms with Crippen LogP contribution < -0.4 is 11.5 Å². The van der Waals surface area contributed by atoms with Crippen molar-refractivity contribution in [1.82, 2.24) is 19.7 Å². The molecule has 10 nitrogen and oxygen atoms in total. The van der Waals surface area contributed by atoms with Crippen LogP contribution in [-0.2, 0) is 39.7 Å². The number of likely N-dealkylation sites (N-methyl/N-ethyl adjacent to an activating group) is 1. The van der Waals surface area contributed by atoms with Crippen molar-refractivity contribution >= 4 is 11.9 Å². The molecule has 1 aliphatic rings. The molecule has 175 valence electrons. The Morgan fingerprint density at radius 2 is 1.35 bits per heavy atom. The van der Waals surface area contributed by atoms with Crippen molar-refractivity contribution in [2.75, 3.05) is 46.3 Å². The van der Waals surface area contributed by atoms with E-state index in [4.69, 9.17) is 11.5 Å². The van der Waals surface area contributed by atoms with E-state index in [-0.39, 0.29) is 17.1 Å². The van der Waals surface area contributed by atoms with Crippen molar-refractivity contribution < 1.29 is 36.9 Å². The largest absolute Gasteiger partial charge is 0.480 e. The number of pyridine rings is 1. The van der Waals surface area contributed by atoms with E-state index in [1.54, 1.807) is 0 Å². The molecule has 2 unspecified atom stereocenters. The van der Waals surface area contributed by atoms with Gasteiger partial charge in [0.1, 0.15) is 12.1 Å². The first kappa shape index (κ1) is 27.4. The zero-order valence-corrected chi connectivity index (χ0v) is 19.2. The molecule has 1 aromatic heterocycles. The quantitative estimate of drug-likeness (QED) is 0.352. The van der Waals surface area contributed by atoms with Gasteiger partial charge in [-0.05, 0) is 45.1 Å². The summed E-state index contributed by atoms with van der Waals surface area (Å²) in [5, 5.41) is 19.4. The summed E-state index contributed by atoms with van der Waals surface area (Å²) in [6.45, 7) is 3.77. The normalized spacial score (nSPS) is 18.8.